The van der Waals surface area contributed by atoms with Crippen LogP contribution in [-0.2, 0) is 0 Å². The molecular formula is C8H11FN2O. The number of aliphatic hydroxyl groups excluding tert-OH is 1. The van der Waals surface area contributed by atoms with Crippen molar-refractivity contribution in [1.82, 2.24) is 4.98 Å². The maximum atomic E-state index is 12.9. The Morgan fingerprint density at radius 1 is 1.67 bits per heavy atom. The van der Waals surface area contributed by atoms with Gasteiger partial charge in [-0.05, 0) is 19.0 Å². The van der Waals surface area contributed by atoms with E-state index in [9.17, 15) is 9.50 Å². The number of hydrogen-bond acceptors (Lipinski definition) is 3. The summed E-state index contributed by atoms with van der Waals surface area (Å²) in [6.45, 7) is 0.329. The molecule has 1 atom stereocenters. The Balaban J connectivity index is 2.79. The Labute approximate surface area is 70.0 Å². The van der Waals surface area contributed by atoms with Crippen LogP contribution in [0, 0.1) is 5.95 Å². The molecule has 3 N–H and O–H groups in total. The van der Waals surface area contributed by atoms with Crippen LogP contribution in [0.1, 0.15) is 18.1 Å². The molecule has 1 rings (SSSR count). The van der Waals surface area contributed by atoms with Crippen LogP contribution in [-0.4, -0.2) is 16.6 Å². The molecule has 12 heavy (non-hydrogen) atoms. The first-order chi connectivity index (χ1) is 5.75. The van der Waals surface area contributed by atoms with Crippen LogP contribution in [0.3, 0.4) is 0 Å². The Bertz CT molecular complexity index is 255. The van der Waals surface area contributed by atoms with Gasteiger partial charge >= 0.3 is 0 Å². The van der Waals surface area contributed by atoms with Crippen molar-refractivity contribution < 1.29 is 9.50 Å². The quantitative estimate of drug-likeness (QED) is 0.653. The minimum Gasteiger partial charge on any atom is -0.388 e. The molecular weight excluding hydrogens is 159 g/mol. The van der Waals surface area contributed by atoms with E-state index in [0.29, 0.717) is 13.0 Å². The van der Waals surface area contributed by atoms with Gasteiger partial charge in [0, 0.05) is 11.8 Å². The normalized spacial score (nSPS) is 12.9. The predicted octanol–water partition coefficient (Wildman–Crippen LogP) is 0.603. The van der Waals surface area contributed by atoms with Crippen molar-refractivity contribution in [3.63, 3.8) is 0 Å². The van der Waals surface area contributed by atoms with Crippen molar-refractivity contribution in [2.24, 2.45) is 5.73 Å². The maximum Gasteiger partial charge on any atom is 0.218 e. The Morgan fingerprint density at radius 3 is 3.00 bits per heavy atom. The van der Waals surface area contributed by atoms with Gasteiger partial charge < -0.3 is 10.8 Å². The van der Waals surface area contributed by atoms with Gasteiger partial charge in [-0.15, -0.1) is 0 Å². The molecule has 3 nitrogen and oxygen atoms in total. The summed E-state index contributed by atoms with van der Waals surface area (Å²) in [4.78, 5) is 3.41. The predicted molar refractivity (Wildman–Crippen MR) is 42.8 cm³/mol. The molecule has 0 aliphatic rings. The fraction of sp³-hybridized carbons (Fsp3) is 0.375. The SMILES string of the molecule is NCC[C@H](O)c1cccnc1F. The summed E-state index contributed by atoms with van der Waals surface area (Å²) in [7, 11) is 0. The van der Waals surface area contributed by atoms with Gasteiger partial charge in [-0.25, -0.2) is 4.98 Å². The van der Waals surface area contributed by atoms with Crippen LogP contribution in [0.5, 0.6) is 0 Å². The van der Waals surface area contributed by atoms with E-state index in [1.54, 1.807) is 6.07 Å². The number of nitrogens with two attached hydrogens (primary N) is 1. The highest BCUT2D eigenvalue weighted by molar-refractivity contribution is 5.13. The van der Waals surface area contributed by atoms with Crippen LogP contribution >= 0.6 is 0 Å². The molecule has 4 heteroatoms. The number of rotatable bonds is 3. The molecule has 0 aromatic carbocycles. The molecule has 0 amide bonds. The zero-order chi connectivity index (χ0) is 8.97. The van der Waals surface area contributed by atoms with E-state index in [1.165, 1.54) is 12.3 Å². The minimum absolute atomic E-state index is 0.211. The second kappa shape index (κ2) is 4.13. The first-order valence-corrected chi connectivity index (χ1v) is 3.74. The third kappa shape index (κ3) is 1.99. The number of pyridine rings is 1. The van der Waals surface area contributed by atoms with E-state index in [4.69, 9.17) is 5.73 Å². The summed E-state index contributed by atoms with van der Waals surface area (Å²) >= 11 is 0. The maximum absolute atomic E-state index is 12.9. The molecule has 0 bridgehead atoms. The lowest BCUT2D eigenvalue weighted by atomic mass is 10.1. The number of aromatic nitrogens is 1. The summed E-state index contributed by atoms with van der Waals surface area (Å²) in [6.07, 6.45) is 0.847. The first kappa shape index (κ1) is 9.09. The van der Waals surface area contributed by atoms with E-state index in [2.05, 4.69) is 4.98 Å². The number of hydrogen-bond donors (Lipinski definition) is 2. The van der Waals surface area contributed by atoms with Crippen molar-refractivity contribution in [3.8, 4) is 0 Å². The van der Waals surface area contributed by atoms with E-state index in [-0.39, 0.29) is 5.56 Å². The average Bonchev–Trinajstić information content (AvgIpc) is 2.05. The molecule has 0 saturated heterocycles. The highest BCUT2D eigenvalue weighted by Crippen LogP contribution is 2.16. The van der Waals surface area contributed by atoms with Crippen LogP contribution < -0.4 is 5.73 Å². The molecule has 1 aromatic heterocycles. The van der Waals surface area contributed by atoms with E-state index >= 15 is 0 Å². The highest BCUT2D eigenvalue weighted by atomic mass is 19.1. The molecule has 0 radical (unpaired) electrons. The van der Waals surface area contributed by atoms with E-state index in [0.717, 1.165) is 0 Å². The summed E-state index contributed by atoms with van der Waals surface area (Å²) < 4.78 is 12.9. The molecule has 0 saturated carbocycles. The lowest BCUT2D eigenvalue weighted by Crippen LogP contribution is -2.08. The van der Waals surface area contributed by atoms with Gasteiger partial charge in [-0.1, -0.05) is 6.07 Å². The third-order valence-electron chi connectivity index (χ3n) is 1.59. The second-order valence-corrected chi connectivity index (χ2v) is 2.48. The monoisotopic (exact) mass is 170 g/mol. The molecule has 66 valence electrons. The van der Waals surface area contributed by atoms with Gasteiger partial charge in [-0.2, -0.15) is 4.39 Å². The Hall–Kier alpha value is -1.00. The zero-order valence-electron chi connectivity index (χ0n) is 6.57. The lowest BCUT2D eigenvalue weighted by molar-refractivity contribution is 0.164. The minimum atomic E-state index is -0.844. The third-order valence-corrected chi connectivity index (χ3v) is 1.59. The Morgan fingerprint density at radius 2 is 2.42 bits per heavy atom. The standard InChI is InChI=1S/C8H11FN2O/c9-8-6(2-1-5-11-8)7(12)3-4-10/h1-2,5,7,12H,3-4,10H2/t7-/m0/s1. The molecule has 0 aliphatic carbocycles. The lowest BCUT2D eigenvalue weighted by Gasteiger charge is -2.08. The molecule has 1 aromatic rings. The van der Waals surface area contributed by atoms with Gasteiger partial charge in [0.2, 0.25) is 5.95 Å². The summed E-state index contributed by atoms with van der Waals surface area (Å²) in [5, 5.41) is 9.34. The van der Waals surface area contributed by atoms with Crippen LogP contribution in [0.25, 0.3) is 0 Å². The van der Waals surface area contributed by atoms with Gasteiger partial charge in [0.25, 0.3) is 0 Å². The van der Waals surface area contributed by atoms with Crippen LogP contribution in [0.15, 0.2) is 18.3 Å². The van der Waals surface area contributed by atoms with Crippen molar-refractivity contribution in [2.75, 3.05) is 6.54 Å². The zero-order valence-corrected chi connectivity index (χ0v) is 6.57. The molecule has 0 aliphatic heterocycles. The van der Waals surface area contributed by atoms with E-state index < -0.39 is 12.1 Å². The molecule has 1 heterocycles. The smallest absolute Gasteiger partial charge is 0.218 e. The van der Waals surface area contributed by atoms with Gasteiger partial charge in [0.15, 0.2) is 0 Å². The van der Waals surface area contributed by atoms with Gasteiger partial charge in [0.05, 0.1) is 6.10 Å². The van der Waals surface area contributed by atoms with Crippen LogP contribution in [0.4, 0.5) is 4.39 Å². The fourth-order valence-corrected chi connectivity index (χ4v) is 0.960. The van der Waals surface area contributed by atoms with Crippen molar-refractivity contribution in [2.45, 2.75) is 12.5 Å². The molecule has 0 spiro atoms. The van der Waals surface area contributed by atoms with Gasteiger partial charge in [-0.3, -0.25) is 0 Å². The van der Waals surface area contributed by atoms with Crippen LogP contribution in [0.2, 0.25) is 0 Å². The topological polar surface area (TPSA) is 59.1 Å². The average molecular weight is 170 g/mol. The summed E-state index contributed by atoms with van der Waals surface area (Å²) in [6, 6.07) is 3.08. The largest absolute Gasteiger partial charge is 0.388 e. The van der Waals surface area contributed by atoms with Crippen molar-refractivity contribution >= 4 is 0 Å². The fourth-order valence-electron chi connectivity index (χ4n) is 0.960. The second-order valence-electron chi connectivity index (χ2n) is 2.48. The van der Waals surface area contributed by atoms with Crippen molar-refractivity contribution in [3.05, 3.63) is 29.8 Å². The molecule has 0 fully saturated rings. The highest BCUT2D eigenvalue weighted by Gasteiger charge is 2.11. The number of aliphatic hydroxyl groups is 1. The van der Waals surface area contributed by atoms with Gasteiger partial charge in [0.1, 0.15) is 0 Å². The molecule has 0 unspecified atom stereocenters. The summed E-state index contributed by atoms with van der Waals surface area (Å²) in [5.41, 5.74) is 5.43. The Kier molecular flexibility index (Phi) is 3.13. The first-order valence-electron chi connectivity index (χ1n) is 3.74. The number of nitrogens with zero attached hydrogens (tertiary/aromatic N) is 1. The summed E-state index contributed by atoms with van der Waals surface area (Å²) in [5.74, 6) is -0.626. The van der Waals surface area contributed by atoms with Crippen molar-refractivity contribution in [1.29, 1.82) is 0 Å². The number of halogens is 1. The van der Waals surface area contributed by atoms with E-state index in [1.807, 2.05) is 0 Å².